The van der Waals surface area contributed by atoms with Crippen LogP contribution in [-0.4, -0.2) is 39.4 Å². The maximum absolute atomic E-state index is 9.93. The molecule has 3 heterocycles. The number of hydrogen-bond acceptors (Lipinski definition) is 6. The first-order chi connectivity index (χ1) is 10.0. The fourth-order valence-electron chi connectivity index (χ4n) is 2.72. The van der Waals surface area contributed by atoms with Gasteiger partial charge in [0.05, 0.1) is 18.2 Å². The molecule has 2 atom stereocenters. The fraction of sp³-hybridized carbons (Fsp3) is 0.600. The van der Waals surface area contributed by atoms with E-state index in [0.717, 1.165) is 30.0 Å². The van der Waals surface area contributed by atoms with E-state index in [9.17, 15) is 5.11 Å². The van der Waals surface area contributed by atoms with Crippen LogP contribution in [0.4, 0.5) is 0 Å². The predicted molar refractivity (Wildman–Crippen MR) is 76.5 cm³/mol. The third-order valence-corrected chi connectivity index (χ3v) is 4.10. The van der Waals surface area contributed by atoms with E-state index in [1.54, 1.807) is 0 Å². The number of β-amino-alcohol motifs (C(OH)–C–C–N with tert-alkyl or cyclic N) is 1. The summed E-state index contributed by atoms with van der Waals surface area (Å²) in [4.78, 5) is 2.15. The molecule has 3 rings (SSSR count). The Labute approximate surface area is 123 Å². The summed E-state index contributed by atoms with van der Waals surface area (Å²) < 4.78 is 11.2. The van der Waals surface area contributed by atoms with Gasteiger partial charge in [0.15, 0.2) is 0 Å². The molecular weight excluding hydrogens is 270 g/mol. The van der Waals surface area contributed by atoms with Gasteiger partial charge in [0.2, 0.25) is 5.89 Å². The second-order valence-electron chi connectivity index (χ2n) is 5.90. The molecule has 1 saturated heterocycles. The van der Waals surface area contributed by atoms with Gasteiger partial charge in [-0.15, -0.1) is 10.2 Å². The molecule has 2 aromatic rings. The van der Waals surface area contributed by atoms with E-state index in [0.29, 0.717) is 30.8 Å². The first-order valence-corrected chi connectivity index (χ1v) is 7.33. The zero-order chi connectivity index (χ0) is 15.0. The number of aliphatic hydroxyl groups excluding tert-OH is 1. The van der Waals surface area contributed by atoms with Crippen LogP contribution in [0.25, 0.3) is 11.5 Å². The quantitative estimate of drug-likeness (QED) is 0.934. The Morgan fingerprint density at radius 1 is 1.33 bits per heavy atom. The number of hydrogen-bond donors (Lipinski definition) is 1. The molecule has 114 valence electrons. The summed E-state index contributed by atoms with van der Waals surface area (Å²) in [6.07, 6.45) is 0.710. The number of aromatic nitrogens is 2. The number of piperidine rings is 1. The van der Waals surface area contributed by atoms with Crippen LogP contribution in [0.3, 0.4) is 0 Å². The molecule has 0 spiro atoms. The van der Waals surface area contributed by atoms with Gasteiger partial charge < -0.3 is 13.9 Å². The van der Waals surface area contributed by atoms with Gasteiger partial charge in [0.25, 0.3) is 5.89 Å². The van der Waals surface area contributed by atoms with Crippen molar-refractivity contribution in [2.75, 3.05) is 13.1 Å². The van der Waals surface area contributed by atoms with Crippen LogP contribution >= 0.6 is 0 Å². The monoisotopic (exact) mass is 291 g/mol. The van der Waals surface area contributed by atoms with Crippen LogP contribution in [-0.2, 0) is 6.54 Å². The Balaban J connectivity index is 1.70. The molecule has 6 heteroatoms. The molecule has 1 aliphatic rings. The third-order valence-electron chi connectivity index (χ3n) is 4.10. The van der Waals surface area contributed by atoms with Crippen LogP contribution in [0.2, 0.25) is 0 Å². The molecule has 6 nitrogen and oxygen atoms in total. The van der Waals surface area contributed by atoms with Crippen molar-refractivity contribution in [1.82, 2.24) is 15.1 Å². The number of rotatable bonds is 3. The second-order valence-corrected chi connectivity index (χ2v) is 5.90. The molecule has 0 aromatic carbocycles. The van der Waals surface area contributed by atoms with Gasteiger partial charge in [-0.2, -0.15) is 0 Å². The molecule has 1 fully saturated rings. The first-order valence-electron chi connectivity index (χ1n) is 7.33. The normalized spacial score (nSPS) is 23.6. The average molecular weight is 291 g/mol. The largest absolute Gasteiger partial charge is 0.466 e. The smallest absolute Gasteiger partial charge is 0.251 e. The van der Waals surface area contributed by atoms with Crippen molar-refractivity contribution < 1.29 is 13.9 Å². The lowest BCUT2D eigenvalue weighted by molar-refractivity contribution is 0.0228. The number of nitrogens with zero attached hydrogens (tertiary/aromatic N) is 3. The highest BCUT2D eigenvalue weighted by atomic mass is 16.4. The van der Waals surface area contributed by atoms with E-state index in [2.05, 4.69) is 22.0 Å². The van der Waals surface area contributed by atoms with Gasteiger partial charge in [0.1, 0.15) is 11.5 Å². The van der Waals surface area contributed by atoms with Gasteiger partial charge in [0, 0.05) is 6.54 Å². The van der Waals surface area contributed by atoms with Gasteiger partial charge in [-0.3, -0.25) is 4.90 Å². The van der Waals surface area contributed by atoms with Gasteiger partial charge in [-0.1, -0.05) is 6.92 Å². The molecule has 0 aliphatic carbocycles. The van der Waals surface area contributed by atoms with E-state index in [1.807, 2.05) is 19.9 Å². The lowest BCUT2D eigenvalue weighted by Crippen LogP contribution is -2.42. The van der Waals surface area contributed by atoms with Crippen molar-refractivity contribution in [2.24, 2.45) is 5.92 Å². The van der Waals surface area contributed by atoms with Crippen LogP contribution in [0.5, 0.6) is 0 Å². The predicted octanol–water partition coefficient (Wildman–Crippen LogP) is 2.15. The lowest BCUT2D eigenvalue weighted by atomic mass is 9.96. The Morgan fingerprint density at radius 2 is 2.14 bits per heavy atom. The van der Waals surface area contributed by atoms with Crippen LogP contribution in [0, 0.1) is 19.8 Å². The molecule has 0 bridgehead atoms. The number of aryl methyl sites for hydroxylation is 2. The summed E-state index contributed by atoms with van der Waals surface area (Å²) in [6, 6.07) is 1.90. The summed E-state index contributed by atoms with van der Waals surface area (Å²) >= 11 is 0. The van der Waals surface area contributed by atoms with Crippen LogP contribution in [0.15, 0.2) is 14.9 Å². The molecule has 0 amide bonds. The Morgan fingerprint density at radius 3 is 2.81 bits per heavy atom. The minimum Gasteiger partial charge on any atom is -0.466 e. The summed E-state index contributed by atoms with van der Waals surface area (Å²) in [6.45, 7) is 8.03. The van der Waals surface area contributed by atoms with E-state index in [4.69, 9.17) is 8.83 Å². The van der Waals surface area contributed by atoms with E-state index in [-0.39, 0.29) is 6.10 Å². The number of aliphatic hydroxyl groups is 1. The van der Waals surface area contributed by atoms with Crippen molar-refractivity contribution in [3.05, 3.63) is 23.5 Å². The maximum atomic E-state index is 9.93. The zero-order valence-electron chi connectivity index (χ0n) is 12.7. The summed E-state index contributed by atoms with van der Waals surface area (Å²) in [7, 11) is 0. The SMILES string of the molecule is Cc1cc(-c2nnc(CN3CCC(C)C(O)C3)o2)c(C)o1. The molecular formula is C15H21N3O3. The van der Waals surface area contributed by atoms with E-state index < -0.39 is 0 Å². The highest BCUT2D eigenvalue weighted by molar-refractivity contribution is 5.55. The average Bonchev–Trinajstić information content (AvgIpc) is 3.00. The maximum Gasteiger partial charge on any atom is 0.251 e. The molecule has 0 radical (unpaired) electrons. The van der Waals surface area contributed by atoms with Crippen molar-refractivity contribution in [3.8, 4) is 11.5 Å². The number of likely N-dealkylation sites (tertiary alicyclic amines) is 1. The molecule has 2 unspecified atom stereocenters. The molecule has 1 N–H and O–H groups in total. The third kappa shape index (κ3) is 3.01. The molecule has 21 heavy (non-hydrogen) atoms. The highest BCUT2D eigenvalue weighted by Gasteiger charge is 2.25. The van der Waals surface area contributed by atoms with Crippen molar-refractivity contribution >= 4 is 0 Å². The second kappa shape index (κ2) is 5.61. The topological polar surface area (TPSA) is 75.5 Å². The molecule has 1 aliphatic heterocycles. The fourth-order valence-corrected chi connectivity index (χ4v) is 2.72. The highest BCUT2D eigenvalue weighted by Crippen LogP contribution is 2.26. The first kappa shape index (κ1) is 14.3. The Hall–Kier alpha value is -1.66. The summed E-state index contributed by atoms with van der Waals surface area (Å²) in [5.41, 5.74) is 0.846. The summed E-state index contributed by atoms with van der Waals surface area (Å²) in [5, 5.41) is 18.1. The summed E-state index contributed by atoms with van der Waals surface area (Å²) in [5.74, 6) is 3.03. The minimum absolute atomic E-state index is 0.278. The lowest BCUT2D eigenvalue weighted by Gasteiger charge is -2.33. The van der Waals surface area contributed by atoms with Gasteiger partial charge in [-0.25, -0.2) is 0 Å². The van der Waals surface area contributed by atoms with Crippen molar-refractivity contribution in [1.29, 1.82) is 0 Å². The van der Waals surface area contributed by atoms with Gasteiger partial charge >= 0.3 is 0 Å². The standard InChI is InChI=1S/C15H21N3O3/c1-9-4-5-18(7-13(9)19)8-14-16-17-15(21-14)12-6-10(2)20-11(12)3/h6,9,13,19H,4-5,7-8H2,1-3H3. The Kier molecular flexibility index (Phi) is 3.82. The van der Waals surface area contributed by atoms with E-state index in [1.165, 1.54) is 0 Å². The minimum atomic E-state index is -0.278. The molecule has 2 aromatic heterocycles. The zero-order valence-corrected chi connectivity index (χ0v) is 12.7. The van der Waals surface area contributed by atoms with Crippen LogP contribution in [0.1, 0.15) is 30.8 Å². The number of furan rings is 1. The van der Waals surface area contributed by atoms with Crippen molar-refractivity contribution in [2.45, 2.75) is 39.8 Å². The van der Waals surface area contributed by atoms with Gasteiger partial charge in [-0.05, 0) is 38.8 Å². The van der Waals surface area contributed by atoms with E-state index >= 15 is 0 Å². The van der Waals surface area contributed by atoms with Crippen molar-refractivity contribution in [3.63, 3.8) is 0 Å². The molecule has 0 saturated carbocycles. The van der Waals surface area contributed by atoms with Crippen LogP contribution < -0.4 is 0 Å². The Bertz CT molecular complexity index is 619.